The lowest BCUT2D eigenvalue weighted by Crippen LogP contribution is -2.41. The molecule has 0 saturated carbocycles. The SMILES string of the molecule is O=C(NCCCc1ccccc1)c1cncc(C(=O)NCCN2CCOCC2)c1. The molecule has 0 radical (unpaired) electrons. The number of benzene rings is 1. The summed E-state index contributed by atoms with van der Waals surface area (Å²) in [7, 11) is 0. The number of nitrogens with zero attached hydrogens (tertiary/aromatic N) is 2. The van der Waals surface area contributed by atoms with Crippen LogP contribution in [0.1, 0.15) is 32.7 Å². The Kier molecular flexibility index (Phi) is 8.15. The van der Waals surface area contributed by atoms with E-state index < -0.39 is 0 Å². The molecule has 0 unspecified atom stereocenters. The second-order valence-corrected chi connectivity index (χ2v) is 7.02. The van der Waals surface area contributed by atoms with Gasteiger partial charge in [0.05, 0.1) is 24.3 Å². The van der Waals surface area contributed by atoms with Crippen molar-refractivity contribution in [3.63, 3.8) is 0 Å². The molecule has 29 heavy (non-hydrogen) atoms. The quantitative estimate of drug-likeness (QED) is 0.628. The maximum absolute atomic E-state index is 12.4. The summed E-state index contributed by atoms with van der Waals surface area (Å²) in [5.74, 6) is -0.432. The van der Waals surface area contributed by atoms with Gasteiger partial charge in [0.2, 0.25) is 0 Å². The van der Waals surface area contributed by atoms with Gasteiger partial charge in [0.25, 0.3) is 11.8 Å². The van der Waals surface area contributed by atoms with Gasteiger partial charge in [-0.3, -0.25) is 19.5 Å². The summed E-state index contributed by atoms with van der Waals surface area (Å²) >= 11 is 0. The molecule has 0 spiro atoms. The Labute approximate surface area is 171 Å². The van der Waals surface area contributed by atoms with Crippen LogP contribution in [0.15, 0.2) is 48.8 Å². The molecule has 1 aliphatic heterocycles. The summed E-state index contributed by atoms with van der Waals surface area (Å²) in [4.78, 5) is 31.0. The minimum atomic E-state index is -0.218. The number of rotatable bonds is 9. The van der Waals surface area contributed by atoms with Gasteiger partial charge in [-0.15, -0.1) is 0 Å². The monoisotopic (exact) mass is 396 g/mol. The van der Waals surface area contributed by atoms with E-state index in [-0.39, 0.29) is 11.8 Å². The number of morpholine rings is 1. The third-order valence-corrected chi connectivity index (χ3v) is 4.85. The number of aryl methyl sites for hydroxylation is 1. The molecule has 1 aliphatic rings. The highest BCUT2D eigenvalue weighted by molar-refractivity contribution is 5.99. The Hall–Kier alpha value is -2.77. The lowest BCUT2D eigenvalue weighted by Gasteiger charge is -2.26. The fourth-order valence-electron chi connectivity index (χ4n) is 3.18. The first-order valence-electron chi connectivity index (χ1n) is 10.1. The van der Waals surface area contributed by atoms with E-state index in [2.05, 4.69) is 32.7 Å². The first kappa shape index (κ1) is 21.0. The molecule has 1 saturated heterocycles. The zero-order valence-electron chi connectivity index (χ0n) is 16.6. The molecule has 0 bridgehead atoms. The van der Waals surface area contributed by atoms with Crippen LogP contribution < -0.4 is 10.6 Å². The van der Waals surface area contributed by atoms with E-state index in [0.29, 0.717) is 24.2 Å². The molecule has 1 aromatic heterocycles. The number of nitrogens with one attached hydrogen (secondary N) is 2. The highest BCUT2D eigenvalue weighted by atomic mass is 16.5. The van der Waals surface area contributed by atoms with Gasteiger partial charge >= 0.3 is 0 Å². The van der Waals surface area contributed by atoms with Crippen LogP contribution in [-0.2, 0) is 11.2 Å². The summed E-state index contributed by atoms with van der Waals surface area (Å²) in [6, 6.07) is 11.8. The second-order valence-electron chi connectivity index (χ2n) is 7.02. The molecule has 2 aromatic rings. The molecule has 2 heterocycles. The van der Waals surface area contributed by atoms with E-state index in [1.54, 1.807) is 6.07 Å². The standard InChI is InChI=1S/C22H28N4O3/c27-21(24-8-4-7-18-5-2-1-3-6-18)19-15-20(17-23-16-19)22(28)25-9-10-26-11-13-29-14-12-26/h1-3,5-6,15-17H,4,7-14H2,(H,24,27)(H,25,28). The predicted molar refractivity (Wildman–Crippen MR) is 111 cm³/mol. The van der Waals surface area contributed by atoms with Crippen LogP contribution in [0, 0.1) is 0 Å². The lowest BCUT2D eigenvalue weighted by molar-refractivity contribution is 0.0383. The number of hydrogen-bond acceptors (Lipinski definition) is 5. The highest BCUT2D eigenvalue weighted by Crippen LogP contribution is 2.05. The molecule has 0 atom stereocenters. The van der Waals surface area contributed by atoms with E-state index in [0.717, 1.165) is 45.7 Å². The Balaban J connectivity index is 1.41. The Morgan fingerprint density at radius 1 is 0.966 bits per heavy atom. The molecule has 0 aliphatic carbocycles. The Morgan fingerprint density at radius 2 is 1.62 bits per heavy atom. The summed E-state index contributed by atoms with van der Waals surface area (Å²) in [6.45, 7) is 5.15. The third kappa shape index (κ3) is 6.96. The third-order valence-electron chi connectivity index (χ3n) is 4.85. The summed E-state index contributed by atoms with van der Waals surface area (Å²) < 4.78 is 5.31. The molecule has 154 valence electrons. The minimum absolute atomic E-state index is 0.214. The lowest BCUT2D eigenvalue weighted by atomic mass is 10.1. The minimum Gasteiger partial charge on any atom is -0.379 e. The van der Waals surface area contributed by atoms with Crippen LogP contribution in [0.25, 0.3) is 0 Å². The van der Waals surface area contributed by atoms with Crippen molar-refractivity contribution >= 4 is 11.8 Å². The highest BCUT2D eigenvalue weighted by Gasteiger charge is 2.13. The van der Waals surface area contributed by atoms with Crippen molar-refractivity contribution in [1.82, 2.24) is 20.5 Å². The zero-order chi connectivity index (χ0) is 20.3. The molecule has 3 rings (SSSR count). The van der Waals surface area contributed by atoms with Crippen LogP contribution in [-0.4, -0.2) is 67.6 Å². The van der Waals surface area contributed by atoms with Crippen molar-refractivity contribution < 1.29 is 14.3 Å². The van der Waals surface area contributed by atoms with Crippen LogP contribution in [0.4, 0.5) is 0 Å². The van der Waals surface area contributed by atoms with Crippen LogP contribution in [0.2, 0.25) is 0 Å². The number of hydrogen-bond donors (Lipinski definition) is 2. The number of carbonyl (C=O) groups excluding carboxylic acids is 2. The van der Waals surface area contributed by atoms with Crippen molar-refractivity contribution in [3.05, 3.63) is 65.5 Å². The van der Waals surface area contributed by atoms with Crippen molar-refractivity contribution in [3.8, 4) is 0 Å². The average molecular weight is 396 g/mol. The molecule has 1 aromatic carbocycles. The maximum Gasteiger partial charge on any atom is 0.252 e. The van der Waals surface area contributed by atoms with Crippen molar-refractivity contribution in [2.24, 2.45) is 0 Å². The average Bonchev–Trinajstić information content (AvgIpc) is 2.78. The number of pyridine rings is 1. The van der Waals surface area contributed by atoms with Crippen LogP contribution >= 0.6 is 0 Å². The maximum atomic E-state index is 12.4. The summed E-state index contributed by atoms with van der Waals surface area (Å²) in [5.41, 5.74) is 2.04. The van der Waals surface area contributed by atoms with Gasteiger partial charge in [0, 0.05) is 45.1 Å². The molecular weight excluding hydrogens is 368 g/mol. The predicted octanol–water partition coefficient (Wildman–Crippen LogP) is 1.51. The number of aromatic nitrogens is 1. The molecule has 7 heteroatoms. The van der Waals surface area contributed by atoms with Crippen LogP contribution in [0.5, 0.6) is 0 Å². The topological polar surface area (TPSA) is 83.6 Å². The van der Waals surface area contributed by atoms with Crippen molar-refractivity contribution in [2.75, 3.05) is 45.9 Å². The summed E-state index contributed by atoms with van der Waals surface area (Å²) in [6.07, 6.45) is 4.73. The zero-order valence-corrected chi connectivity index (χ0v) is 16.6. The van der Waals surface area contributed by atoms with E-state index in [9.17, 15) is 9.59 Å². The molecular formula is C22H28N4O3. The fourth-order valence-corrected chi connectivity index (χ4v) is 3.18. The molecule has 2 N–H and O–H groups in total. The van der Waals surface area contributed by atoms with Gasteiger partial charge in [-0.2, -0.15) is 0 Å². The normalized spacial score (nSPS) is 14.3. The smallest absolute Gasteiger partial charge is 0.252 e. The van der Waals surface area contributed by atoms with Gasteiger partial charge in [-0.05, 0) is 24.5 Å². The first-order valence-corrected chi connectivity index (χ1v) is 10.1. The molecule has 2 amide bonds. The number of ether oxygens (including phenoxy) is 1. The summed E-state index contributed by atoms with van der Waals surface area (Å²) in [5, 5.41) is 5.78. The van der Waals surface area contributed by atoms with E-state index >= 15 is 0 Å². The van der Waals surface area contributed by atoms with Crippen molar-refractivity contribution in [1.29, 1.82) is 0 Å². The first-order chi connectivity index (χ1) is 14.2. The van der Waals surface area contributed by atoms with E-state index in [1.165, 1.54) is 18.0 Å². The Morgan fingerprint density at radius 3 is 2.31 bits per heavy atom. The largest absolute Gasteiger partial charge is 0.379 e. The van der Waals surface area contributed by atoms with E-state index in [4.69, 9.17) is 4.74 Å². The van der Waals surface area contributed by atoms with Gasteiger partial charge < -0.3 is 15.4 Å². The van der Waals surface area contributed by atoms with Crippen LogP contribution in [0.3, 0.4) is 0 Å². The fraction of sp³-hybridized carbons (Fsp3) is 0.409. The second kappa shape index (κ2) is 11.3. The van der Waals surface area contributed by atoms with E-state index in [1.807, 2.05) is 18.2 Å². The number of carbonyl (C=O) groups is 2. The molecule has 1 fully saturated rings. The van der Waals surface area contributed by atoms with Gasteiger partial charge in [-0.1, -0.05) is 30.3 Å². The van der Waals surface area contributed by atoms with Crippen molar-refractivity contribution in [2.45, 2.75) is 12.8 Å². The molecule has 7 nitrogen and oxygen atoms in total. The Bertz CT molecular complexity index is 792. The number of amides is 2. The van der Waals surface area contributed by atoms with Gasteiger partial charge in [-0.25, -0.2) is 0 Å². The van der Waals surface area contributed by atoms with Gasteiger partial charge in [0.15, 0.2) is 0 Å². The van der Waals surface area contributed by atoms with Gasteiger partial charge in [0.1, 0.15) is 0 Å².